The fraction of sp³-hybridized carbons (Fsp3) is 0.176. The first-order valence-electron chi connectivity index (χ1n) is 7.56. The minimum Gasteiger partial charge on any atom is -0.312 e. The maximum atomic E-state index is 12.1. The Kier molecular flexibility index (Phi) is 5.62. The average molecular weight is 371 g/mol. The smallest absolute Gasteiger partial charge is 0.271 e. The summed E-state index contributed by atoms with van der Waals surface area (Å²) in [6, 6.07) is 9.49. The molecule has 8 heteroatoms. The van der Waals surface area contributed by atoms with Gasteiger partial charge >= 0.3 is 0 Å². The Morgan fingerprint density at radius 1 is 1.36 bits per heavy atom. The second-order valence-electron chi connectivity index (χ2n) is 5.38. The first-order valence-corrected chi connectivity index (χ1v) is 9.43. The van der Waals surface area contributed by atoms with Gasteiger partial charge in [-0.1, -0.05) is 23.9 Å². The van der Waals surface area contributed by atoms with Crippen molar-refractivity contribution in [3.8, 4) is 0 Å². The number of thioether (sulfide) groups is 1. The molecule has 0 unspecified atom stereocenters. The molecule has 1 aromatic carbocycles. The summed E-state index contributed by atoms with van der Waals surface area (Å²) in [5.41, 5.74) is 5.39. The molecular formula is C17H17N5OS2. The summed E-state index contributed by atoms with van der Waals surface area (Å²) in [6.07, 6.45) is 3.35. The number of nitrogens with zero attached hydrogens (tertiary/aromatic N) is 4. The highest BCUT2D eigenvalue weighted by molar-refractivity contribution is 7.98. The summed E-state index contributed by atoms with van der Waals surface area (Å²) < 4.78 is 1.87. The Balaban J connectivity index is 1.54. The maximum absolute atomic E-state index is 12.1. The highest BCUT2D eigenvalue weighted by atomic mass is 32.2. The summed E-state index contributed by atoms with van der Waals surface area (Å²) in [5.74, 6) is 0.544. The van der Waals surface area contributed by atoms with Gasteiger partial charge in [-0.25, -0.2) is 5.43 Å². The van der Waals surface area contributed by atoms with E-state index in [-0.39, 0.29) is 5.91 Å². The number of rotatable bonds is 6. The van der Waals surface area contributed by atoms with E-state index in [1.54, 1.807) is 47.8 Å². The van der Waals surface area contributed by atoms with Crippen LogP contribution in [0.4, 0.5) is 0 Å². The lowest BCUT2D eigenvalue weighted by Gasteiger charge is -2.03. The van der Waals surface area contributed by atoms with Crippen molar-refractivity contribution in [2.75, 3.05) is 0 Å². The largest absolute Gasteiger partial charge is 0.312 e. The third-order valence-electron chi connectivity index (χ3n) is 3.50. The number of hydrazone groups is 1. The average Bonchev–Trinajstić information content (AvgIpc) is 3.22. The van der Waals surface area contributed by atoms with Gasteiger partial charge in [0.15, 0.2) is 5.16 Å². The van der Waals surface area contributed by atoms with Crippen LogP contribution < -0.4 is 5.43 Å². The van der Waals surface area contributed by atoms with Crippen molar-refractivity contribution < 1.29 is 4.79 Å². The zero-order valence-corrected chi connectivity index (χ0v) is 15.5. The van der Waals surface area contributed by atoms with Gasteiger partial charge in [-0.2, -0.15) is 5.10 Å². The van der Waals surface area contributed by atoms with Crippen molar-refractivity contribution in [1.29, 1.82) is 0 Å². The van der Waals surface area contributed by atoms with E-state index in [0.717, 1.165) is 26.9 Å². The molecule has 1 amide bonds. The molecule has 3 rings (SSSR count). The first kappa shape index (κ1) is 17.4. The van der Waals surface area contributed by atoms with Gasteiger partial charge in [-0.15, -0.1) is 21.5 Å². The molecule has 0 aliphatic heterocycles. The molecule has 0 aliphatic carbocycles. The van der Waals surface area contributed by atoms with Crippen LogP contribution in [0, 0.1) is 6.92 Å². The number of aryl methyl sites for hydroxylation is 2. The number of hydrogen-bond acceptors (Lipinski definition) is 6. The van der Waals surface area contributed by atoms with Crippen molar-refractivity contribution in [2.45, 2.75) is 17.8 Å². The van der Waals surface area contributed by atoms with Gasteiger partial charge in [-0.05, 0) is 41.6 Å². The Hall–Kier alpha value is -2.45. The van der Waals surface area contributed by atoms with E-state index >= 15 is 0 Å². The van der Waals surface area contributed by atoms with Gasteiger partial charge in [0.25, 0.3) is 5.91 Å². The van der Waals surface area contributed by atoms with Gasteiger partial charge < -0.3 is 4.57 Å². The van der Waals surface area contributed by atoms with Crippen molar-refractivity contribution in [3.05, 3.63) is 63.6 Å². The van der Waals surface area contributed by atoms with Crippen molar-refractivity contribution in [2.24, 2.45) is 12.1 Å². The zero-order chi connectivity index (χ0) is 17.6. The number of hydrogen-bond donors (Lipinski definition) is 1. The number of nitrogens with one attached hydrogen (secondary N) is 1. The minimum atomic E-state index is -0.224. The predicted molar refractivity (Wildman–Crippen MR) is 101 cm³/mol. The first-order chi connectivity index (χ1) is 12.1. The molecule has 2 heterocycles. The molecule has 0 spiro atoms. The van der Waals surface area contributed by atoms with Gasteiger partial charge in [0.05, 0.1) is 6.21 Å². The Morgan fingerprint density at radius 3 is 2.80 bits per heavy atom. The normalized spacial score (nSPS) is 11.1. The molecule has 2 aromatic heterocycles. The van der Waals surface area contributed by atoms with Crippen LogP contribution >= 0.6 is 23.1 Å². The summed E-state index contributed by atoms with van der Waals surface area (Å²) in [6.45, 7) is 2.01. The highest BCUT2D eigenvalue weighted by Gasteiger charge is 2.06. The fourth-order valence-corrected chi connectivity index (χ4v) is 3.66. The molecular weight excluding hydrogens is 354 g/mol. The van der Waals surface area contributed by atoms with Crippen molar-refractivity contribution in [1.82, 2.24) is 20.2 Å². The van der Waals surface area contributed by atoms with Crippen molar-refractivity contribution >= 4 is 35.2 Å². The molecule has 3 aromatic rings. The summed E-state index contributed by atoms with van der Waals surface area (Å²) in [7, 11) is 1.91. The maximum Gasteiger partial charge on any atom is 0.271 e. The molecule has 0 saturated heterocycles. The van der Waals surface area contributed by atoms with Crippen LogP contribution in [-0.4, -0.2) is 26.9 Å². The molecule has 0 bridgehead atoms. The lowest BCUT2D eigenvalue weighted by molar-refractivity contribution is 0.0955. The monoisotopic (exact) mass is 371 g/mol. The van der Waals surface area contributed by atoms with Gasteiger partial charge in [0.1, 0.15) is 6.33 Å². The molecule has 0 aliphatic rings. The lowest BCUT2D eigenvalue weighted by Crippen LogP contribution is -2.17. The SMILES string of the molecule is Cc1ccsc1/C=N/NC(=O)c1ccc(CSc2nncn2C)cc1. The van der Waals surface area contributed by atoms with E-state index in [4.69, 9.17) is 0 Å². The molecule has 1 N–H and O–H groups in total. The second-order valence-corrected chi connectivity index (χ2v) is 7.27. The third kappa shape index (κ3) is 4.55. The molecule has 0 fully saturated rings. The second kappa shape index (κ2) is 8.09. The molecule has 6 nitrogen and oxygen atoms in total. The van der Waals surface area contributed by atoms with Gasteiger partial charge in [-0.3, -0.25) is 4.79 Å². The van der Waals surface area contributed by atoms with Crippen LogP contribution in [0.15, 0.2) is 52.3 Å². The summed E-state index contributed by atoms with van der Waals surface area (Å²) in [5, 5.41) is 14.8. The van der Waals surface area contributed by atoms with E-state index < -0.39 is 0 Å². The number of thiophene rings is 1. The topological polar surface area (TPSA) is 72.2 Å². The number of amides is 1. The van der Waals surface area contributed by atoms with Crippen LogP contribution in [0.1, 0.15) is 26.4 Å². The predicted octanol–water partition coefficient (Wildman–Crippen LogP) is 3.24. The number of carbonyl (C=O) groups excluding carboxylic acids is 1. The van der Waals surface area contributed by atoms with Crippen LogP contribution in [0.25, 0.3) is 0 Å². The number of benzene rings is 1. The Morgan fingerprint density at radius 2 is 2.16 bits per heavy atom. The molecule has 25 heavy (non-hydrogen) atoms. The molecule has 0 atom stereocenters. The fourth-order valence-electron chi connectivity index (χ4n) is 2.03. The van der Waals surface area contributed by atoms with E-state index in [2.05, 4.69) is 20.7 Å². The number of aromatic nitrogens is 3. The Labute approximate surface area is 154 Å². The summed E-state index contributed by atoms with van der Waals surface area (Å²) in [4.78, 5) is 13.1. The third-order valence-corrected chi connectivity index (χ3v) is 5.56. The van der Waals surface area contributed by atoms with E-state index in [0.29, 0.717) is 5.56 Å². The van der Waals surface area contributed by atoms with Crippen molar-refractivity contribution in [3.63, 3.8) is 0 Å². The van der Waals surface area contributed by atoms with Crippen LogP contribution in [0.5, 0.6) is 0 Å². The Bertz CT molecular complexity index is 883. The van der Waals surface area contributed by atoms with Crippen LogP contribution in [-0.2, 0) is 12.8 Å². The minimum absolute atomic E-state index is 0.224. The van der Waals surface area contributed by atoms with E-state index in [1.165, 1.54) is 0 Å². The standard InChI is InChI=1S/C17H17N5OS2/c1-12-7-8-24-15(12)9-18-20-16(23)14-5-3-13(4-6-14)10-25-17-21-19-11-22(17)2/h3-9,11H,10H2,1-2H3,(H,20,23)/b18-9+. The van der Waals surface area contributed by atoms with E-state index in [9.17, 15) is 4.79 Å². The van der Waals surface area contributed by atoms with E-state index in [1.807, 2.05) is 42.1 Å². The van der Waals surface area contributed by atoms with Gasteiger partial charge in [0, 0.05) is 23.2 Å². The summed E-state index contributed by atoms with van der Waals surface area (Å²) >= 11 is 3.19. The lowest BCUT2D eigenvalue weighted by atomic mass is 10.1. The zero-order valence-electron chi connectivity index (χ0n) is 13.8. The molecule has 128 valence electrons. The molecule has 0 radical (unpaired) electrons. The quantitative estimate of drug-likeness (QED) is 0.410. The van der Waals surface area contributed by atoms with Gasteiger partial charge in [0.2, 0.25) is 0 Å². The van der Waals surface area contributed by atoms with Crippen LogP contribution in [0.3, 0.4) is 0 Å². The van der Waals surface area contributed by atoms with Crippen LogP contribution in [0.2, 0.25) is 0 Å². The highest BCUT2D eigenvalue weighted by Crippen LogP contribution is 2.20. The molecule has 0 saturated carbocycles. The number of carbonyl (C=O) groups is 1.